The van der Waals surface area contributed by atoms with E-state index < -0.39 is 0 Å². The molecule has 0 radical (unpaired) electrons. The molecule has 1 aliphatic heterocycles. The Morgan fingerprint density at radius 3 is 3.19 bits per heavy atom. The highest BCUT2D eigenvalue weighted by Gasteiger charge is 2.28. The smallest absolute Gasteiger partial charge is 0.273 e. The average Bonchev–Trinajstić information content (AvgIpc) is 3.25. The number of thiazole rings is 1. The minimum atomic E-state index is 0.0385. The minimum absolute atomic E-state index is 0.0385. The number of furan rings is 1. The summed E-state index contributed by atoms with van der Waals surface area (Å²) in [5.74, 6) is 0.0385. The third-order valence-corrected chi connectivity index (χ3v) is 4.58. The molecule has 1 fully saturated rings. The van der Waals surface area contributed by atoms with Crippen molar-refractivity contribution in [3.63, 3.8) is 0 Å². The number of hydrogen-bond acceptors (Lipinski definition) is 5. The van der Waals surface area contributed by atoms with E-state index >= 15 is 0 Å². The number of nitrogens with one attached hydrogen (secondary N) is 1. The first-order chi connectivity index (χ1) is 10.3. The van der Waals surface area contributed by atoms with Gasteiger partial charge < -0.3 is 14.6 Å². The molecule has 1 atom stereocenters. The first kappa shape index (κ1) is 14.3. The van der Waals surface area contributed by atoms with Crippen LogP contribution in [-0.4, -0.2) is 41.5 Å². The van der Waals surface area contributed by atoms with Crippen molar-refractivity contribution in [1.82, 2.24) is 15.2 Å². The van der Waals surface area contributed by atoms with Crippen LogP contribution in [0.15, 0.2) is 28.4 Å². The lowest BCUT2D eigenvalue weighted by Crippen LogP contribution is -2.42. The second-order valence-corrected chi connectivity index (χ2v) is 6.05. The second kappa shape index (κ2) is 6.41. The highest BCUT2D eigenvalue weighted by atomic mass is 32.1. The first-order valence-corrected chi connectivity index (χ1v) is 8.17. The predicted octanol–water partition coefficient (Wildman–Crippen LogP) is 2.62. The van der Waals surface area contributed by atoms with Crippen LogP contribution in [-0.2, 0) is 0 Å². The van der Waals surface area contributed by atoms with E-state index in [0.29, 0.717) is 5.69 Å². The van der Waals surface area contributed by atoms with Crippen LogP contribution in [0.3, 0.4) is 0 Å². The molecule has 0 spiro atoms. The summed E-state index contributed by atoms with van der Waals surface area (Å²) >= 11 is 1.48. The van der Waals surface area contributed by atoms with Crippen LogP contribution in [0, 0.1) is 0 Å². The summed E-state index contributed by atoms with van der Waals surface area (Å²) in [6.45, 7) is 4.74. The molecule has 21 heavy (non-hydrogen) atoms. The van der Waals surface area contributed by atoms with Crippen molar-refractivity contribution in [2.75, 3.05) is 19.6 Å². The Morgan fingerprint density at radius 1 is 1.62 bits per heavy atom. The molecule has 112 valence electrons. The number of aromatic nitrogens is 1. The average molecular weight is 305 g/mol. The molecule has 2 aromatic rings. The van der Waals surface area contributed by atoms with Gasteiger partial charge in [0.2, 0.25) is 0 Å². The van der Waals surface area contributed by atoms with Gasteiger partial charge in [0.05, 0.1) is 6.26 Å². The molecule has 1 aliphatic rings. The van der Waals surface area contributed by atoms with Crippen molar-refractivity contribution in [2.45, 2.75) is 25.8 Å². The third kappa shape index (κ3) is 3.01. The summed E-state index contributed by atoms with van der Waals surface area (Å²) in [6, 6.07) is 2.15. The fourth-order valence-electron chi connectivity index (χ4n) is 2.63. The highest BCUT2D eigenvalue weighted by Crippen LogP contribution is 2.25. The number of amides is 1. The molecule has 3 rings (SSSR count). The van der Waals surface area contributed by atoms with Crippen molar-refractivity contribution in [1.29, 1.82) is 0 Å². The maximum atomic E-state index is 12.7. The monoisotopic (exact) mass is 305 g/mol. The molecule has 6 heteroatoms. The van der Waals surface area contributed by atoms with Gasteiger partial charge in [-0.05, 0) is 25.5 Å². The Balaban J connectivity index is 1.79. The lowest BCUT2D eigenvalue weighted by Gasteiger charge is -2.27. The van der Waals surface area contributed by atoms with Gasteiger partial charge >= 0.3 is 0 Å². The van der Waals surface area contributed by atoms with Gasteiger partial charge in [0.1, 0.15) is 17.0 Å². The standard InChI is InChI=1S/C15H19N3O2S/c1-2-6-18(12-3-5-16-8-12)15(19)13-10-21-14(17-13)11-4-7-20-9-11/h4,7,9-10,12,16H,2-3,5-6,8H2,1H3. The SMILES string of the molecule is CCCN(C(=O)c1csc(-c2ccoc2)n1)C1CCNC1. The van der Waals surface area contributed by atoms with E-state index in [9.17, 15) is 4.79 Å². The van der Waals surface area contributed by atoms with Crippen LogP contribution >= 0.6 is 11.3 Å². The van der Waals surface area contributed by atoms with Gasteiger partial charge in [-0.1, -0.05) is 6.92 Å². The van der Waals surface area contributed by atoms with Crippen LogP contribution in [0.5, 0.6) is 0 Å². The van der Waals surface area contributed by atoms with Crippen molar-refractivity contribution in [2.24, 2.45) is 0 Å². The van der Waals surface area contributed by atoms with E-state index in [1.54, 1.807) is 12.5 Å². The topological polar surface area (TPSA) is 58.4 Å². The number of rotatable bonds is 5. The van der Waals surface area contributed by atoms with Gasteiger partial charge in [-0.15, -0.1) is 11.3 Å². The number of hydrogen-bond donors (Lipinski definition) is 1. The van der Waals surface area contributed by atoms with E-state index in [1.165, 1.54) is 11.3 Å². The zero-order chi connectivity index (χ0) is 14.7. The first-order valence-electron chi connectivity index (χ1n) is 7.29. The van der Waals surface area contributed by atoms with Crippen LogP contribution in [0.25, 0.3) is 10.6 Å². The van der Waals surface area contributed by atoms with E-state index in [0.717, 1.165) is 43.0 Å². The summed E-state index contributed by atoms with van der Waals surface area (Å²) in [5.41, 5.74) is 1.46. The normalized spacial score (nSPS) is 18.0. The van der Waals surface area contributed by atoms with Gasteiger partial charge in [0, 0.05) is 30.1 Å². The van der Waals surface area contributed by atoms with Crippen molar-refractivity contribution in [3.05, 3.63) is 29.7 Å². The second-order valence-electron chi connectivity index (χ2n) is 5.20. The van der Waals surface area contributed by atoms with E-state index in [2.05, 4.69) is 17.2 Å². The molecular weight excluding hydrogens is 286 g/mol. The van der Waals surface area contributed by atoms with Gasteiger partial charge in [0.15, 0.2) is 0 Å². The van der Waals surface area contributed by atoms with E-state index in [-0.39, 0.29) is 11.9 Å². The minimum Gasteiger partial charge on any atom is -0.472 e. The molecule has 1 amide bonds. The molecule has 3 heterocycles. The van der Waals surface area contributed by atoms with Crippen LogP contribution in [0.4, 0.5) is 0 Å². The fraction of sp³-hybridized carbons (Fsp3) is 0.467. The molecule has 1 N–H and O–H groups in total. The van der Waals surface area contributed by atoms with Gasteiger partial charge in [-0.2, -0.15) is 0 Å². The fourth-order valence-corrected chi connectivity index (χ4v) is 3.41. The van der Waals surface area contributed by atoms with Gasteiger partial charge in [-0.25, -0.2) is 4.98 Å². The van der Waals surface area contributed by atoms with E-state index in [1.807, 2.05) is 16.3 Å². The molecule has 0 saturated carbocycles. The Hall–Kier alpha value is -1.66. The maximum Gasteiger partial charge on any atom is 0.273 e. The predicted molar refractivity (Wildman–Crippen MR) is 82.4 cm³/mol. The van der Waals surface area contributed by atoms with Crippen molar-refractivity contribution >= 4 is 17.2 Å². The van der Waals surface area contributed by atoms with Gasteiger partial charge in [-0.3, -0.25) is 4.79 Å². The summed E-state index contributed by atoms with van der Waals surface area (Å²) in [7, 11) is 0. The summed E-state index contributed by atoms with van der Waals surface area (Å²) in [4.78, 5) is 19.2. The summed E-state index contributed by atoms with van der Waals surface area (Å²) < 4.78 is 5.07. The summed E-state index contributed by atoms with van der Waals surface area (Å²) in [6.07, 6.45) is 5.25. The van der Waals surface area contributed by atoms with Crippen LogP contribution in [0.1, 0.15) is 30.3 Å². The number of carbonyl (C=O) groups is 1. The molecule has 5 nitrogen and oxygen atoms in total. The van der Waals surface area contributed by atoms with Crippen molar-refractivity contribution in [3.8, 4) is 10.6 Å². The Morgan fingerprint density at radius 2 is 2.52 bits per heavy atom. The molecule has 0 aliphatic carbocycles. The lowest BCUT2D eigenvalue weighted by atomic mass is 10.2. The van der Waals surface area contributed by atoms with E-state index in [4.69, 9.17) is 4.42 Å². The molecular formula is C15H19N3O2S. The van der Waals surface area contributed by atoms with Crippen LogP contribution in [0.2, 0.25) is 0 Å². The van der Waals surface area contributed by atoms with Crippen LogP contribution < -0.4 is 5.32 Å². The largest absolute Gasteiger partial charge is 0.472 e. The highest BCUT2D eigenvalue weighted by molar-refractivity contribution is 7.13. The third-order valence-electron chi connectivity index (χ3n) is 3.69. The van der Waals surface area contributed by atoms with Crippen molar-refractivity contribution < 1.29 is 9.21 Å². The quantitative estimate of drug-likeness (QED) is 0.922. The lowest BCUT2D eigenvalue weighted by molar-refractivity contribution is 0.0687. The molecule has 1 saturated heterocycles. The molecule has 2 aromatic heterocycles. The molecule has 0 aromatic carbocycles. The van der Waals surface area contributed by atoms with Gasteiger partial charge in [0.25, 0.3) is 5.91 Å². The Kier molecular flexibility index (Phi) is 4.36. The molecule has 0 bridgehead atoms. The Labute approximate surface area is 128 Å². The number of nitrogens with zero attached hydrogens (tertiary/aromatic N) is 2. The Bertz CT molecular complexity index is 588. The maximum absolute atomic E-state index is 12.7. The zero-order valence-corrected chi connectivity index (χ0v) is 12.9. The number of carbonyl (C=O) groups excluding carboxylic acids is 1. The zero-order valence-electron chi connectivity index (χ0n) is 12.0. The molecule has 1 unspecified atom stereocenters. The summed E-state index contributed by atoms with van der Waals surface area (Å²) in [5, 5.41) is 5.99.